The highest BCUT2D eigenvalue weighted by atomic mass is 35.5. The number of aromatic amines is 1. The Hall–Kier alpha value is -2.66. The van der Waals surface area contributed by atoms with Crippen LogP contribution in [0.3, 0.4) is 0 Å². The summed E-state index contributed by atoms with van der Waals surface area (Å²) < 4.78 is 0. The van der Waals surface area contributed by atoms with Crippen molar-refractivity contribution in [3.05, 3.63) is 81.9 Å². The molecule has 1 fully saturated rings. The Bertz CT molecular complexity index is 970. The number of carbonyl (C=O) groups is 1. The van der Waals surface area contributed by atoms with E-state index in [9.17, 15) is 4.79 Å². The normalized spacial score (nSPS) is 16.9. The summed E-state index contributed by atoms with van der Waals surface area (Å²) in [7, 11) is 0. The third-order valence-corrected chi connectivity index (χ3v) is 5.61. The number of hydrogen-bond donors (Lipinski definition) is 1. The van der Waals surface area contributed by atoms with Gasteiger partial charge in [0.1, 0.15) is 5.69 Å². The second kappa shape index (κ2) is 8.15. The number of hydrogen-bond acceptors (Lipinski definition) is 3. The van der Waals surface area contributed by atoms with Crippen LogP contribution in [0.2, 0.25) is 5.02 Å². The van der Waals surface area contributed by atoms with Gasteiger partial charge in [0, 0.05) is 41.6 Å². The molecule has 1 aliphatic heterocycles. The van der Waals surface area contributed by atoms with Crippen molar-refractivity contribution in [3.8, 4) is 0 Å². The smallest absolute Gasteiger partial charge is 0.271 e. The van der Waals surface area contributed by atoms with Gasteiger partial charge >= 0.3 is 0 Å². The molecule has 6 heteroatoms. The third kappa shape index (κ3) is 4.09. The fourth-order valence-corrected chi connectivity index (χ4v) is 4.09. The first-order valence-electron chi connectivity index (χ1n) is 9.59. The Kier molecular flexibility index (Phi) is 5.44. The molecule has 5 nitrogen and oxygen atoms in total. The lowest BCUT2D eigenvalue weighted by molar-refractivity contribution is 0.0700. The predicted octanol–water partition coefficient (Wildman–Crippen LogP) is 4.38. The first-order chi connectivity index (χ1) is 13.6. The van der Waals surface area contributed by atoms with Gasteiger partial charge in [-0.3, -0.25) is 14.9 Å². The van der Waals surface area contributed by atoms with Crippen LogP contribution >= 0.6 is 11.6 Å². The molecule has 1 atom stereocenters. The molecule has 0 radical (unpaired) electrons. The Morgan fingerprint density at radius 2 is 2.14 bits per heavy atom. The quantitative estimate of drug-likeness (QED) is 0.714. The minimum Gasteiger partial charge on any atom is -0.337 e. The van der Waals surface area contributed by atoms with Crippen LogP contribution in [0.4, 0.5) is 0 Å². The number of H-pyrrole nitrogens is 1. The van der Waals surface area contributed by atoms with Crippen LogP contribution in [0.15, 0.2) is 48.7 Å². The summed E-state index contributed by atoms with van der Waals surface area (Å²) in [5.41, 5.74) is 4.91. The van der Waals surface area contributed by atoms with Gasteiger partial charge in [-0.05, 0) is 61.6 Å². The van der Waals surface area contributed by atoms with Crippen LogP contribution in [0, 0.1) is 6.92 Å². The number of benzene rings is 1. The largest absolute Gasteiger partial charge is 0.337 e. The topological polar surface area (TPSA) is 61.9 Å². The van der Waals surface area contributed by atoms with Crippen molar-refractivity contribution in [3.63, 3.8) is 0 Å². The molecule has 28 heavy (non-hydrogen) atoms. The first-order valence-corrected chi connectivity index (χ1v) is 9.97. The predicted molar refractivity (Wildman–Crippen MR) is 110 cm³/mol. The van der Waals surface area contributed by atoms with E-state index in [0.29, 0.717) is 12.2 Å². The zero-order valence-electron chi connectivity index (χ0n) is 15.9. The van der Waals surface area contributed by atoms with Crippen molar-refractivity contribution >= 4 is 17.5 Å². The number of piperidine rings is 1. The molecule has 3 aromatic rings. The second-order valence-electron chi connectivity index (χ2n) is 7.37. The molecular weight excluding hydrogens is 372 g/mol. The van der Waals surface area contributed by atoms with Crippen LogP contribution in [-0.2, 0) is 6.42 Å². The molecular formula is C22H23ClN4O. The molecule has 1 aliphatic rings. The van der Waals surface area contributed by atoms with Crippen molar-refractivity contribution in [2.45, 2.75) is 32.1 Å². The van der Waals surface area contributed by atoms with Gasteiger partial charge in [0.2, 0.25) is 0 Å². The van der Waals surface area contributed by atoms with Crippen LogP contribution in [0.1, 0.15) is 51.8 Å². The molecule has 0 unspecified atom stereocenters. The van der Waals surface area contributed by atoms with E-state index in [1.807, 2.05) is 30.0 Å². The third-order valence-electron chi connectivity index (χ3n) is 5.24. The zero-order valence-corrected chi connectivity index (χ0v) is 16.6. The maximum Gasteiger partial charge on any atom is 0.271 e. The number of pyridine rings is 1. The lowest BCUT2D eigenvalue weighted by Gasteiger charge is -2.32. The minimum absolute atomic E-state index is 0.00569. The number of likely N-dealkylation sites (tertiary alicyclic amines) is 1. The van der Waals surface area contributed by atoms with Gasteiger partial charge < -0.3 is 4.90 Å². The van der Waals surface area contributed by atoms with Gasteiger partial charge in [-0.15, -0.1) is 0 Å². The van der Waals surface area contributed by atoms with Crippen molar-refractivity contribution in [2.75, 3.05) is 13.1 Å². The van der Waals surface area contributed by atoms with E-state index in [1.165, 1.54) is 5.56 Å². The van der Waals surface area contributed by atoms with Crippen LogP contribution in [0.25, 0.3) is 0 Å². The summed E-state index contributed by atoms with van der Waals surface area (Å²) in [6.07, 6.45) is 4.39. The molecule has 0 aliphatic carbocycles. The Labute approximate surface area is 169 Å². The van der Waals surface area contributed by atoms with Crippen LogP contribution < -0.4 is 0 Å². The maximum atomic E-state index is 12.7. The number of carbonyl (C=O) groups excluding carboxylic acids is 1. The Balaban J connectivity index is 1.54. The maximum absolute atomic E-state index is 12.7. The Morgan fingerprint density at radius 1 is 1.29 bits per heavy atom. The summed E-state index contributed by atoms with van der Waals surface area (Å²) >= 11 is 6.34. The summed E-state index contributed by atoms with van der Waals surface area (Å²) in [5, 5.41) is 7.44. The Morgan fingerprint density at radius 3 is 2.93 bits per heavy atom. The van der Waals surface area contributed by atoms with E-state index in [1.54, 1.807) is 12.3 Å². The van der Waals surface area contributed by atoms with Gasteiger partial charge in [-0.1, -0.05) is 29.8 Å². The molecule has 0 saturated carbocycles. The van der Waals surface area contributed by atoms with Crippen molar-refractivity contribution in [1.29, 1.82) is 0 Å². The molecule has 1 N–H and O–H groups in total. The van der Waals surface area contributed by atoms with E-state index in [4.69, 9.17) is 16.6 Å². The number of halogens is 1. The average Bonchev–Trinajstić information content (AvgIpc) is 3.24. The van der Waals surface area contributed by atoms with Crippen LogP contribution in [-0.4, -0.2) is 39.1 Å². The number of aryl methyl sites for hydroxylation is 1. The standard InChI is InChI=1S/C22H23ClN4O/c1-15-11-16(12-17-5-2-3-7-19(17)23)13-21(25-15)18-6-4-10-27(14-18)22(28)20-8-9-24-26-20/h2-3,5,7-9,11,13,18H,4,6,10,12,14H2,1H3,(H,24,26)/t18-/m1/s1. The molecule has 3 heterocycles. The molecule has 144 valence electrons. The lowest BCUT2D eigenvalue weighted by atomic mass is 9.92. The molecule has 1 saturated heterocycles. The fraction of sp³-hybridized carbons (Fsp3) is 0.318. The van der Waals surface area contributed by atoms with E-state index in [2.05, 4.69) is 28.4 Å². The van der Waals surface area contributed by atoms with Crippen LogP contribution in [0.5, 0.6) is 0 Å². The van der Waals surface area contributed by atoms with Gasteiger partial charge in [0.25, 0.3) is 5.91 Å². The number of nitrogens with zero attached hydrogens (tertiary/aromatic N) is 3. The van der Waals surface area contributed by atoms with Gasteiger partial charge in [0.05, 0.1) is 0 Å². The van der Waals surface area contributed by atoms with Gasteiger partial charge in [0.15, 0.2) is 0 Å². The summed E-state index contributed by atoms with van der Waals surface area (Å²) in [6, 6.07) is 13.9. The van der Waals surface area contributed by atoms with Crippen molar-refractivity contribution in [1.82, 2.24) is 20.1 Å². The van der Waals surface area contributed by atoms with E-state index < -0.39 is 0 Å². The van der Waals surface area contributed by atoms with E-state index in [-0.39, 0.29) is 11.8 Å². The number of rotatable bonds is 4. The lowest BCUT2D eigenvalue weighted by Crippen LogP contribution is -2.39. The monoisotopic (exact) mass is 394 g/mol. The molecule has 4 rings (SSSR count). The molecule has 1 aromatic carbocycles. The first kappa shape index (κ1) is 18.7. The average molecular weight is 395 g/mol. The number of amides is 1. The summed E-state index contributed by atoms with van der Waals surface area (Å²) in [5.74, 6) is 0.247. The SMILES string of the molecule is Cc1cc(Cc2ccccc2Cl)cc([C@@H]2CCCN(C(=O)c3ccn[nH]3)C2)n1. The minimum atomic E-state index is 0.00569. The highest BCUT2D eigenvalue weighted by Crippen LogP contribution is 2.28. The molecule has 0 bridgehead atoms. The van der Waals surface area contributed by atoms with Crippen molar-refractivity contribution in [2.24, 2.45) is 0 Å². The number of aromatic nitrogens is 3. The van der Waals surface area contributed by atoms with E-state index >= 15 is 0 Å². The second-order valence-corrected chi connectivity index (χ2v) is 7.78. The fourth-order valence-electron chi connectivity index (χ4n) is 3.89. The molecule has 0 spiro atoms. The van der Waals surface area contributed by atoms with E-state index in [0.717, 1.165) is 47.8 Å². The zero-order chi connectivity index (χ0) is 19.5. The van der Waals surface area contributed by atoms with Gasteiger partial charge in [-0.25, -0.2) is 0 Å². The highest BCUT2D eigenvalue weighted by Gasteiger charge is 2.27. The van der Waals surface area contributed by atoms with Gasteiger partial charge in [-0.2, -0.15) is 5.10 Å². The number of nitrogens with one attached hydrogen (secondary N) is 1. The molecule has 2 aromatic heterocycles. The summed E-state index contributed by atoms with van der Waals surface area (Å²) in [4.78, 5) is 19.4. The molecule has 1 amide bonds. The summed E-state index contributed by atoms with van der Waals surface area (Å²) in [6.45, 7) is 3.47. The highest BCUT2D eigenvalue weighted by molar-refractivity contribution is 6.31. The van der Waals surface area contributed by atoms with Crippen molar-refractivity contribution < 1.29 is 4.79 Å².